The molecule has 1 rings (SSSR count). The molecule has 2 nitrogen and oxygen atoms in total. The van der Waals surface area contributed by atoms with Gasteiger partial charge in [0.1, 0.15) is 5.82 Å². The zero-order valence-electron chi connectivity index (χ0n) is 12.5. The van der Waals surface area contributed by atoms with E-state index in [4.69, 9.17) is 5.73 Å². The van der Waals surface area contributed by atoms with Crippen LogP contribution in [0.3, 0.4) is 0 Å². The number of hydrogen-bond donors (Lipinski definition) is 1. The summed E-state index contributed by atoms with van der Waals surface area (Å²) in [5, 5.41) is 0. The maximum atomic E-state index is 14.2. The monoisotopic (exact) mass is 266 g/mol. The number of nitrogens with two attached hydrogens (primary N) is 1. The lowest BCUT2D eigenvalue weighted by Crippen LogP contribution is -2.26. The van der Waals surface area contributed by atoms with Gasteiger partial charge < -0.3 is 10.6 Å². The number of benzene rings is 1. The summed E-state index contributed by atoms with van der Waals surface area (Å²) in [5.41, 5.74) is 7.36. The molecule has 1 atom stereocenters. The van der Waals surface area contributed by atoms with E-state index in [0.717, 1.165) is 44.3 Å². The van der Waals surface area contributed by atoms with Gasteiger partial charge in [0.15, 0.2) is 0 Å². The van der Waals surface area contributed by atoms with Crippen LogP contribution in [-0.2, 0) is 0 Å². The van der Waals surface area contributed by atoms with Crippen LogP contribution < -0.4 is 10.6 Å². The third-order valence-electron chi connectivity index (χ3n) is 3.40. The van der Waals surface area contributed by atoms with Crippen LogP contribution in [0.4, 0.5) is 10.1 Å². The van der Waals surface area contributed by atoms with Crippen LogP contribution in [0.15, 0.2) is 18.2 Å². The van der Waals surface area contributed by atoms with Crippen molar-refractivity contribution in [3.05, 3.63) is 29.6 Å². The molecule has 2 N–H and O–H groups in total. The molecule has 0 saturated carbocycles. The molecule has 0 radical (unpaired) electrons. The minimum Gasteiger partial charge on any atom is -0.369 e. The smallest absolute Gasteiger partial charge is 0.146 e. The van der Waals surface area contributed by atoms with E-state index < -0.39 is 0 Å². The molecule has 0 fully saturated rings. The van der Waals surface area contributed by atoms with E-state index in [-0.39, 0.29) is 11.9 Å². The van der Waals surface area contributed by atoms with Crippen LogP contribution in [0, 0.1) is 5.82 Å². The van der Waals surface area contributed by atoms with E-state index in [1.807, 2.05) is 19.1 Å². The van der Waals surface area contributed by atoms with Gasteiger partial charge in [0.2, 0.25) is 0 Å². The number of unbranched alkanes of at least 4 members (excludes halogenated alkanes) is 2. The molecule has 0 spiro atoms. The van der Waals surface area contributed by atoms with Crippen LogP contribution >= 0.6 is 0 Å². The number of hydrogen-bond acceptors (Lipinski definition) is 2. The Kier molecular flexibility index (Phi) is 6.85. The number of anilines is 1. The van der Waals surface area contributed by atoms with Crippen molar-refractivity contribution in [1.29, 1.82) is 0 Å². The van der Waals surface area contributed by atoms with Crippen LogP contribution in [0.25, 0.3) is 0 Å². The predicted octanol–water partition coefficient (Wildman–Crippen LogP) is 4.25. The molecular formula is C16H27FN2. The Bertz CT molecular complexity index is 369. The SMILES string of the molecule is CCCCN(CCCC)c1ccc([C@@H](C)N)cc1F. The molecule has 0 heterocycles. The fourth-order valence-electron chi connectivity index (χ4n) is 2.11. The molecule has 0 aliphatic rings. The second-order valence-corrected chi connectivity index (χ2v) is 5.19. The van der Waals surface area contributed by atoms with Crippen molar-refractivity contribution in [3.63, 3.8) is 0 Å². The van der Waals surface area contributed by atoms with Crippen molar-refractivity contribution in [2.75, 3.05) is 18.0 Å². The Labute approximate surface area is 116 Å². The Morgan fingerprint density at radius 1 is 1.16 bits per heavy atom. The van der Waals surface area contributed by atoms with E-state index in [9.17, 15) is 4.39 Å². The fraction of sp³-hybridized carbons (Fsp3) is 0.625. The summed E-state index contributed by atoms with van der Waals surface area (Å²) in [6, 6.07) is 5.27. The highest BCUT2D eigenvalue weighted by Crippen LogP contribution is 2.23. The van der Waals surface area contributed by atoms with Gasteiger partial charge in [-0.2, -0.15) is 0 Å². The summed E-state index contributed by atoms with van der Waals surface area (Å²) in [6.45, 7) is 8.04. The summed E-state index contributed by atoms with van der Waals surface area (Å²) in [6.07, 6.45) is 4.45. The summed E-state index contributed by atoms with van der Waals surface area (Å²) >= 11 is 0. The Balaban J connectivity index is 2.87. The Morgan fingerprint density at radius 3 is 2.16 bits per heavy atom. The highest BCUT2D eigenvalue weighted by Gasteiger charge is 2.12. The average Bonchev–Trinajstić information content (AvgIpc) is 2.39. The molecule has 0 aliphatic heterocycles. The molecule has 0 bridgehead atoms. The number of nitrogens with zero attached hydrogens (tertiary/aromatic N) is 1. The van der Waals surface area contributed by atoms with Crippen LogP contribution in [0.1, 0.15) is 58.1 Å². The van der Waals surface area contributed by atoms with E-state index >= 15 is 0 Å². The summed E-state index contributed by atoms with van der Waals surface area (Å²) in [5.74, 6) is -0.151. The molecule has 1 aromatic carbocycles. The number of halogens is 1. The van der Waals surface area contributed by atoms with E-state index in [1.165, 1.54) is 0 Å². The molecule has 108 valence electrons. The van der Waals surface area contributed by atoms with Crippen molar-refractivity contribution in [2.45, 2.75) is 52.5 Å². The van der Waals surface area contributed by atoms with Gasteiger partial charge in [0, 0.05) is 19.1 Å². The van der Waals surface area contributed by atoms with Crippen molar-refractivity contribution in [3.8, 4) is 0 Å². The second-order valence-electron chi connectivity index (χ2n) is 5.19. The van der Waals surface area contributed by atoms with Crippen molar-refractivity contribution in [2.24, 2.45) is 5.73 Å². The zero-order valence-corrected chi connectivity index (χ0v) is 12.5. The maximum Gasteiger partial charge on any atom is 0.146 e. The van der Waals surface area contributed by atoms with Gasteiger partial charge in [-0.25, -0.2) is 4.39 Å². The molecule has 1 aromatic rings. The molecule has 0 aromatic heterocycles. The van der Waals surface area contributed by atoms with Gasteiger partial charge in [-0.15, -0.1) is 0 Å². The zero-order chi connectivity index (χ0) is 14.3. The molecular weight excluding hydrogens is 239 g/mol. The number of rotatable bonds is 8. The lowest BCUT2D eigenvalue weighted by Gasteiger charge is -2.25. The first-order chi connectivity index (χ1) is 9.10. The maximum absolute atomic E-state index is 14.2. The molecule has 0 unspecified atom stereocenters. The quantitative estimate of drug-likeness (QED) is 0.762. The minimum absolute atomic E-state index is 0.122. The molecule has 3 heteroatoms. The van der Waals surface area contributed by atoms with Crippen LogP contribution in [0.2, 0.25) is 0 Å². The minimum atomic E-state index is -0.151. The first-order valence-corrected chi connectivity index (χ1v) is 7.40. The van der Waals surface area contributed by atoms with E-state index in [2.05, 4.69) is 18.7 Å². The van der Waals surface area contributed by atoms with Gasteiger partial charge >= 0.3 is 0 Å². The first-order valence-electron chi connectivity index (χ1n) is 7.40. The first kappa shape index (κ1) is 16.0. The lowest BCUT2D eigenvalue weighted by molar-refractivity contribution is 0.601. The van der Waals surface area contributed by atoms with Gasteiger partial charge in [0.05, 0.1) is 5.69 Å². The highest BCUT2D eigenvalue weighted by atomic mass is 19.1. The molecule has 0 amide bonds. The van der Waals surface area contributed by atoms with Crippen molar-refractivity contribution >= 4 is 5.69 Å². The third-order valence-corrected chi connectivity index (χ3v) is 3.40. The van der Waals surface area contributed by atoms with Gasteiger partial charge in [0.25, 0.3) is 0 Å². The largest absolute Gasteiger partial charge is 0.369 e. The second kappa shape index (κ2) is 8.16. The molecule has 19 heavy (non-hydrogen) atoms. The molecule has 0 saturated heterocycles. The van der Waals surface area contributed by atoms with Crippen LogP contribution in [0.5, 0.6) is 0 Å². The lowest BCUT2D eigenvalue weighted by atomic mass is 10.1. The normalized spacial score (nSPS) is 12.5. The van der Waals surface area contributed by atoms with Gasteiger partial charge in [-0.05, 0) is 37.5 Å². The van der Waals surface area contributed by atoms with E-state index in [0.29, 0.717) is 5.69 Å². The summed E-state index contributed by atoms with van der Waals surface area (Å²) in [7, 11) is 0. The van der Waals surface area contributed by atoms with Gasteiger partial charge in [-0.3, -0.25) is 0 Å². The topological polar surface area (TPSA) is 29.3 Å². The molecule has 0 aliphatic carbocycles. The van der Waals surface area contributed by atoms with Gasteiger partial charge in [-0.1, -0.05) is 32.8 Å². The predicted molar refractivity (Wildman–Crippen MR) is 81.0 cm³/mol. The summed E-state index contributed by atoms with van der Waals surface area (Å²) < 4.78 is 14.2. The standard InChI is InChI=1S/C16H27FN2/c1-4-6-10-19(11-7-5-2)16-9-8-14(13(3)18)12-15(16)17/h8-9,12-13H,4-7,10-11,18H2,1-3H3/t13-/m1/s1. The van der Waals surface area contributed by atoms with Crippen molar-refractivity contribution < 1.29 is 4.39 Å². The van der Waals surface area contributed by atoms with Crippen LogP contribution in [-0.4, -0.2) is 13.1 Å². The van der Waals surface area contributed by atoms with Crippen molar-refractivity contribution in [1.82, 2.24) is 0 Å². The fourth-order valence-corrected chi connectivity index (χ4v) is 2.11. The Morgan fingerprint density at radius 2 is 1.74 bits per heavy atom. The average molecular weight is 266 g/mol. The third kappa shape index (κ3) is 4.83. The van der Waals surface area contributed by atoms with E-state index in [1.54, 1.807) is 6.07 Å². The Hall–Kier alpha value is -1.09. The summed E-state index contributed by atoms with van der Waals surface area (Å²) in [4.78, 5) is 2.16. The highest BCUT2D eigenvalue weighted by molar-refractivity contribution is 5.49.